The van der Waals surface area contributed by atoms with E-state index in [1.165, 1.54) is 12.1 Å². The van der Waals surface area contributed by atoms with Crippen molar-refractivity contribution in [3.8, 4) is 5.75 Å². The Morgan fingerprint density at radius 1 is 1.00 bits per heavy atom. The lowest BCUT2D eigenvalue weighted by Gasteiger charge is -2.09. The normalized spacial score (nSPS) is 11.2. The van der Waals surface area contributed by atoms with Gasteiger partial charge in [0.2, 0.25) is 0 Å². The van der Waals surface area contributed by atoms with E-state index in [1.807, 2.05) is 6.07 Å². The highest BCUT2D eigenvalue weighted by atomic mass is 127. The molecule has 0 spiro atoms. The van der Waals surface area contributed by atoms with E-state index in [1.54, 1.807) is 18.2 Å². The molecule has 0 radical (unpaired) electrons. The number of halogens is 4. The van der Waals surface area contributed by atoms with Crippen molar-refractivity contribution >= 4 is 28.4 Å². The minimum atomic E-state index is -4.77. The molecule has 0 amide bonds. The summed E-state index contributed by atoms with van der Waals surface area (Å²) in [5.74, 6) is -0.759. The molecule has 2 rings (SSSR count). The Morgan fingerprint density at radius 2 is 1.60 bits per heavy atom. The molecule has 0 atom stereocenters. The second-order valence-electron chi connectivity index (χ2n) is 3.92. The van der Waals surface area contributed by atoms with Crippen molar-refractivity contribution in [2.45, 2.75) is 6.36 Å². The summed E-state index contributed by atoms with van der Waals surface area (Å²) in [5, 5.41) is 0. The Hall–Kier alpha value is -1.57. The van der Waals surface area contributed by atoms with Crippen LogP contribution >= 0.6 is 22.6 Å². The maximum atomic E-state index is 12.2. The predicted molar refractivity (Wildman–Crippen MR) is 75.7 cm³/mol. The summed E-state index contributed by atoms with van der Waals surface area (Å²) in [7, 11) is 0. The second kappa shape index (κ2) is 5.82. The van der Waals surface area contributed by atoms with Gasteiger partial charge in [-0.15, -0.1) is 13.2 Å². The van der Waals surface area contributed by atoms with Crippen LogP contribution in [0.4, 0.5) is 13.2 Å². The summed E-state index contributed by atoms with van der Waals surface area (Å²) in [6.45, 7) is 0. The summed E-state index contributed by atoms with van der Waals surface area (Å²) in [4.78, 5) is 12.2. The smallest absolute Gasteiger partial charge is 0.406 e. The number of hydrogen-bond donors (Lipinski definition) is 0. The monoisotopic (exact) mass is 392 g/mol. The summed E-state index contributed by atoms with van der Waals surface area (Å²) in [6, 6.07) is 11.8. The summed E-state index contributed by atoms with van der Waals surface area (Å²) in [5.41, 5.74) is 0.565. The lowest BCUT2D eigenvalue weighted by Crippen LogP contribution is -2.17. The first-order valence-corrected chi connectivity index (χ1v) is 6.59. The van der Waals surface area contributed by atoms with Crippen molar-refractivity contribution in [2.24, 2.45) is 0 Å². The van der Waals surface area contributed by atoms with Crippen molar-refractivity contribution < 1.29 is 22.7 Å². The van der Waals surface area contributed by atoms with Gasteiger partial charge in [0.1, 0.15) is 5.75 Å². The van der Waals surface area contributed by atoms with E-state index >= 15 is 0 Å². The Bertz CT molecular complexity index is 638. The van der Waals surface area contributed by atoms with Gasteiger partial charge in [0.15, 0.2) is 5.78 Å². The van der Waals surface area contributed by atoms with E-state index in [2.05, 4.69) is 27.3 Å². The molecule has 0 saturated carbocycles. The van der Waals surface area contributed by atoms with Gasteiger partial charge in [0.05, 0.1) is 0 Å². The molecule has 2 aromatic rings. The van der Waals surface area contributed by atoms with Crippen LogP contribution in [0.3, 0.4) is 0 Å². The molecular formula is C14H8F3IO2. The number of ketones is 1. The molecule has 0 heterocycles. The largest absolute Gasteiger partial charge is 0.573 e. The van der Waals surface area contributed by atoms with Crippen LogP contribution in [0, 0.1) is 3.57 Å². The van der Waals surface area contributed by atoms with Gasteiger partial charge < -0.3 is 4.74 Å². The molecule has 0 aromatic heterocycles. The molecule has 2 aromatic carbocycles. The second-order valence-corrected chi connectivity index (χ2v) is 5.16. The van der Waals surface area contributed by atoms with Gasteiger partial charge in [-0.2, -0.15) is 0 Å². The van der Waals surface area contributed by atoms with Crippen molar-refractivity contribution in [3.63, 3.8) is 0 Å². The summed E-state index contributed by atoms with van der Waals surface area (Å²) in [6.07, 6.45) is -4.77. The van der Waals surface area contributed by atoms with Gasteiger partial charge in [-0.3, -0.25) is 4.79 Å². The molecule has 20 heavy (non-hydrogen) atoms. The Kier molecular flexibility index (Phi) is 4.32. The summed E-state index contributed by atoms with van der Waals surface area (Å²) >= 11 is 2.06. The molecule has 2 nitrogen and oxygen atoms in total. The molecule has 0 fully saturated rings. The molecule has 0 aliphatic carbocycles. The Labute approximate surface area is 126 Å². The number of rotatable bonds is 3. The van der Waals surface area contributed by atoms with Crippen LogP contribution in [-0.4, -0.2) is 12.1 Å². The average molecular weight is 392 g/mol. The zero-order valence-corrected chi connectivity index (χ0v) is 12.1. The van der Waals surface area contributed by atoms with E-state index in [-0.39, 0.29) is 11.3 Å². The van der Waals surface area contributed by atoms with Crippen molar-refractivity contribution in [1.82, 2.24) is 0 Å². The van der Waals surface area contributed by atoms with Crippen LogP contribution < -0.4 is 4.74 Å². The first kappa shape index (κ1) is 14.8. The minimum Gasteiger partial charge on any atom is -0.406 e. The Morgan fingerprint density at radius 3 is 2.20 bits per heavy atom. The molecular weight excluding hydrogens is 384 g/mol. The van der Waals surface area contributed by atoms with Crippen molar-refractivity contribution in [3.05, 3.63) is 63.2 Å². The van der Waals surface area contributed by atoms with E-state index in [0.717, 1.165) is 15.7 Å². The van der Waals surface area contributed by atoms with Gasteiger partial charge in [-0.25, -0.2) is 0 Å². The van der Waals surface area contributed by atoms with Crippen LogP contribution in [0.25, 0.3) is 0 Å². The molecule has 0 bridgehead atoms. The number of hydrogen-bond acceptors (Lipinski definition) is 2. The van der Waals surface area contributed by atoms with Crippen LogP contribution in [0.5, 0.6) is 5.75 Å². The first-order valence-electron chi connectivity index (χ1n) is 5.51. The maximum Gasteiger partial charge on any atom is 0.573 e. The third kappa shape index (κ3) is 3.96. The standard InChI is InChI=1S/C14H8F3IO2/c15-14(16,17)20-12-6-2-4-10(8-12)13(19)9-3-1-5-11(18)7-9/h1-8H. The van der Waals surface area contributed by atoms with Gasteiger partial charge in [-0.05, 0) is 46.9 Å². The molecule has 104 valence electrons. The van der Waals surface area contributed by atoms with Gasteiger partial charge in [0.25, 0.3) is 0 Å². The topological polar surface area (TPSA) is 26.3 Å². The quantitative estimate of drug-likeness (QED) is 0.571. The average Bonchev–Trinajstić information content (AvgIpc) is 2.36. The highest BCUT2D eigenvalue weighted by Gasteiger charge is 2.31. The zero-order chi connectivity index (χ0) is 14.8. The van der Waals surface area contributed by atoms with E-state index in [4.69, 9.17) is 0 Å². The molecule has 0 aliphatic heterocycles. The van der Waals surface area contributed by atoms with Crippen molar-refractivity contribution in [2.75, 3.05) is 0 Å². The highest BCUT2D eigenvalue weighted by molar-refractivity contribution is 14.1. The molecule has 0 N–H and O–H groups in total. The van der Waals surface area contributed by atoms with Crippen molar-refractivity contribution in [1.29, 1.82) is 0 Å². The molecule has 0 saturated heterocycles. The Balaban J connectivity index is 2.29. The molecule has 6 heteroatoms. The first-order chi connectivity index (χ1) is 9.35. The number of carbonyl (C=O) groups excluding carboxylic acids is 1. The molecule has 0 unspecified atom stereocenters. The number of ether oxygens (including phenoxy) is 1. The van der Waals surface area contributed by atoms with Crippen LogP contribution in [-0.2, 0) is 0 Å². The number of benzene rings is 2. The third-order valence-electron chi connectivity index (χ3n) is 2.42. The fraction of sp³-hybridized carbons (Fsp3) is 0.0714. The van der Waals surface area contributed by atoms with E-state index in [9.17, 15) is 18.0 Å². The van der Waals surface area contributed by atoms with Gasteiger partial charge >= 0.3 is 6.36 Å². The predicted octanol–water partition coefficient (Wildman–Crippen LogP) is 4.42. The minimum absolute atomic E-state index is 0.147. The lowest BCUT2D eigenvalue weighted by molar-refractivity contribution is -0.274. The van der Waals surface area contributed by atoms with Crippen LogP contribution in [0.15, 0.2) is 48.5 Å². The van der Waals surface area contributed by atoms with Crippen LogP contribution in [0.2, 0.25) is 0 Å². The molecule has 0 aliphatic rings. The van der Waals surface area contributed by atoms with E-state index in [0.29, 0.717) is 5.56 Å². The lowest BCUT2D eigenvalue weighted by atomic mass is 10.0. The SMILES string of the molecule is O=C(c1cccc(I)c1)c1cccc(OC(F)(F)F)c1. The zero-order valence-electron chi connectivity index (χ0n) is 9.95. The highest BCUT2D eigenvalue weighted by Crippen LogP contribution is 2.24. The third-order valence-corrected chi connectivity index (χ3v) is 3.09. The van der Waals surface area contributed by atoms with Gasteiger partial charge in [-0.1, -0.05) is 24.3 Å². The fourth-order valence-electron chi connectivity index (χ4n) is 1.63. The van der Waals surface area contributed by atoms with Gasteiger partial charge in [0, 0.05) is 14.7 Å². The fourth-order valence-corrected chi connectivity index (χ4v) is 2.17. The van der Waals surface area contributed by atoms with Crippen LogP contribution in [0.1, 0.15) is 15.9 Å². The maximum absolute atomic E-state index is 12.2. The van der Waals surface area contributed by atoms with E-state index < -0.39 is 12.1 Å². The number of alkyl halides is 3. The number of carbonyl (C=O) groups is 1. The summed E-state index contributed by atoms with van der Waals surface area (Å²) < 4.78 is 41.1.